The molecule has 1 atom stereocenters. The molecule has 0 saturated carbocycles. The van der Waals surface area contributed by atoms with Crippen molar-refractivity contribution in [2.75, 3.05) is 6.61 Å². The lowest BCUT2D eigenvalue weighted by Gasteiger charge is -2.11. The number of halogens is 3. The molecule has 15 heavy (non-hydrogen) atoms. The van der Waals surface area contributed by atoms with Gasteiger partial charge in [0.25, 0.3) is 0 Å². The summed E-state index contributed by atoms with van der Waals surface area (Å²) in [5.74, 6) is 0.183. The molecular weight excluding hydrogens is 207 g/mol. The molecular formula is C10H12F3NO. The average Bonchev–Trinajstić information content (AvgIpc) is 2.14. The largest absolute Gasteiger partial charge is 0.484 e. The van der Waals surface area contributed by atoms with Gasteiger partial charge in [0.1, 0.15) is 5.75 Å². The van der Waals surface area contributed by atoms with E-state index < -0.39 is 12.8 Å². The van der Waals surface area contributed by atoms with E-state index in [1.54, 1.807) is 19.1 Å². The minimum absolute atomic E-state index is 0.183. The lowest BCUT2D eigenvalue weighted by Crippen LogP contribution is -2.19. The van der Waals surface area contributed by atoms with Crippen molar-refractivity contribution in [2.45, 2.75) is 19.1 Å². The van der Waals surface area contributed by atoms with E-state index >= 15 is 0 Å². The molecule has 0 radical (unpaired) electrons. The summed E-state index contributed by atoms with van der Waals surface area (Å²) in [6.45, 7) is 0.471. The first-order valence-electron chi connectivity index (χ1n) is 4.43. The highest BCUT2D eigenvalue weighted by molar-refractivity contribution is 5.30. The van der Waals surface area contributed by atoms with Crippen LogP contribution in [0.15, 0.2) is 24.3 Å². The van der Waals surface area contributed by atoms with Gasteiger partial charge in [0, 0.05) is 6.04 Å². The summed E-state index contributed by atoms with van der Waals surface area (Å²) in [4.78, 5) is 0. The quantitative estimate of drug-likeness (QED) is 0.848. The number of nitrogens with two attached hydrogens (primary N) is 1. The lowest BCUT2D eigenvalue weighted by molar-refractivity contribution is -0.153. The van der Waals surface area contributed by atoms with Crippen LogP contribution in [-0.2, 0) is 0 Å². The summed E-state index contributed by atoms with van der Waals surface area (Å²) in [5.41, 5.74) is 6.33. The molecule has 0 heterocycles. The van der Waals surface area contributed by atoms with Gasteiger partial charge in [0.05, 0.1) is 0 Å². The van der Waals surface area contributed by atoms with Gasteiger partial charge in [-0.1, -0.05) is 12.1 Å². The topological polar surface area (TPSA) is 35.2 Å². The minimum Gasteiger partial charge on any atom is -0.484 e. The molecule has 84 valence electrons. The van der Waals surface area contributed by atoms with Crippen molar-refractivity contribution in [3.63, 3.8) is 0 Å². The molecule has 0 aliphatic heterocycles. The fourth-order valence-corrected chi connectivity index (χ4v) is 1.05. The monoisotopic (exact) mass is 219 g/mol. The van der Waals surface area contributed by atoms with E-state index in [0.29, 0.717) is 0 Å². The van der Waals surface area contributed by atoms with Crippen LogP contribution in [-0.4, -0.2) is 12.8 Å². The van der Waals surface area contributed by atoms with Crippen molar-refractivity contribution in [2.24, 2.45) is 5.73 Å². The first kappa shape index (κ1) is 11.8. The Labute approximate surface area is 85.8 Å². The van der Waals surface area contributed by atoms with Gasteiger partial charge in [0.2, 0.25) is 0 Å². The van der Waals surface area contributed by atoms with E-state index in [9.17, 15) is 13.2 Å². The Morgan fingerprint density at radius 2 is 2.07 bits per heavy atom. The average molecular weight is 219 g/mol. The van der Waals surface area contributed by atoms with Crippen LogP contribution in [0.1, 0.15) is 18.5 Å². The molecule has 0 aliphatic rings. The Balaban J connectivity index is 2.66. The van der Waals surface area contributed by atoms with Crippen molar-refractivity contribution in [3.8, 4) is 5.75 Å². The van der Waals surface area contributed by atoms with Crippen molar-refractivity contribution in [3.05, 3.63) is 29.8 Å². The molecule has 2 nitrogen and oxygen atoms in total. The molecule has 1 aromatic carbocycles. The zero-order valence-corrected chi connectivity index (χ0v) is 8.21. The molecule has 1 aromatic rings. The summed E-state index contributed by atoms with van der Waals surface area (Å²) in [7, 11) is 0. The SMILES string of the molecule is C[C@H](N)c1cccc(OCC(F)(F)F)c1. The summed E-state index contributed by atoms with van der Waals surface area (Å²) in [5, 5.41) is 0. The molecule has 0 aliphatic carbocycles. The predicted octanol–water partition coefficient (Wildman–Crippen LogP) is 2.65. The van der Waals surface area contributed by atoms with Crippen LogP contribution in [0.25, 0.3) is 0 Å². The first-order chi connectivity index (χ1) is 6.88. The van der Waals surface area contributed by atoms with Crippen LogP contribution >= 0.6 is 0 Å². The first-order valence-corrected chi connectivity index (χ1v) is 4.43. The highest BCUT2D eigenvalue weighted by Gasteiger charge is 2.28. The van der Waals surface area contributed by atoms with Crippen LogP contribution in [0, 0.1) is 0 Å². The summed E-state index contributed by atoms with van der Waals surface area (Å²) >= 11 is 0. The number of ether oxygens (including phenoxy) is 1. The second-order valence-corrected chi connectivity index (χ2v) is 3.27. The molecule has 1 rings (SSSR count). The Kier molecular flexibility index (Phi) is 3.57. The Bertz CT molecular complexity index is 323. The van der Waals surface area contributed by atoms with E-state index in [0.717, 1.165) is 5.56 Å². The van der Waals surface area contributed by atoms with Gasteiger partial charge in [-0.3, -0.25) is 0 Å². The van der Waals surface area contributed by atoms with E-state index in [-0.39, 0.29) is 11.8 Å². The van der Waals surface area contributed by atoms with E-state index in [1.165, 1.54) is 12.1 Å². The van der Waals surface area contributed by atoms with Crippen molar-refractivity contribution < 1.29 is 17.9 Å². The molecule has 2 N–H and O–H groups in total. The highest BCUT2D eigenvalue weighted by Crippen LogP contribution is 2.21. The number of rotatable bonds is 3. The number of hydrogen-bond donors (Lipinski definition) is 1. The van der Waals surface area contributed by atoms with Gasteiger partial charge in [-0.2, -0.15) is 13.2 Å². The van der Waals surface area contributed by atoms with Crippen molar-refractivity contribution in [1.29, 1.82) is 0 Å². The number of alkyl halides is 3. The molecule has 0 aromatic heterocycles. The smallest absolute Gasteiger partial charge is 0.422 e. The molecule has 0 bridgehead atoms. The van der Waals surface area contributed by atoms with Crippen molar-refractivity contribution in [1.82, 2.24) is 0 Å². The predicted molar refractivity (Wildman–Crippen MR) is 50.6 cm³/mol. The number of hydrogen-bond acceptors (Lipinski definition) is 2. The Morgan fingerprint density at radius 3 is 2.60 bits per heavy atom. The van der Waals surface area contributed by atoms with E-state index in [1.807, 2.05) is 0 Å². The van der Waals surface area contributed by atoms with E-state index in [2.05, 4.69) is 4.74 Å². The second-order valence-electron chi connectivity index (χ2n) is 3.27. The molecule has 0 unspecified atom stereocenters. The fourth-order valence-electron chi connectivity index (χ4n) is 1.05. The maximum Gasteiger partial charge on any atom is 0.422 e. The standard InChI is InChI=1S/C10H12F3NO/c1-7(14)8-3-2-4-9(5-8)15-6-10(11,12)13/h2-5,7H,6,14H2,1H3/t7-/m0/s1. The fraction of sp³-hybridized carbons (Fsp3) is 0.400. The van der Waals surface area contributed by atoms with Crippen molar-refractivity contribution >= 4 is 0 Å². The third-order valence-electron chi connectivity index (χ3n) is 1.79. The van der Waals surface area contributed by atoms with E-state index in [4.69, 9.17) is 5.73 Å². The normalized spacial score (nSPS) is 13.7. The molecule has 5 heteroatoms. The van der Waals surface area contributed by atoms with Crippen LogP contribution in [0.5, 0.6) is 5.75 Å². The second kappa shape index (κ2) is 4.53. The minimum atomic E-state index is -4.32. The van der Waals surface area contributed by atoms with Crippen LogP contribution in [0.2, 0.25) is 0 Å². The van der Waals surface area contributed by atoms with Crippen LogP contribution < -0.4 is 10.5 Å². The van der Waals surface area contributed by atoms with Crippen LogP contribution in [0.3, 0.4) is 0 Å². The zero-order chi connectivity index (χ0) is 11.5. The van der Waals surface area contributed by atoms with Gasteiger partial charge < -0.3 is 10.5 Å². The molecule has 0 spiro atoms. The zero-order valence-electron chi connectivity index (χ0n) is 8.21. The maximum absolute atomic E-state index is 11.9. The van der Waals surface area contributed by atoms with Gasteiger partial charge >= 0.3 is 6.18 Å². The van der Waals surface area contributed by atoms with Gasteiger partial charge in [-0.05, 0) is 24.6 Å². The Hall–Kier alpha value is -1.23. The highest BCUT2D eigenvalue weighted by atomic mass is 19.4. The summed E-state index contributed by atoms with van der Waals surface area (Å²) in [6, 6.07) is 6.11. The maximum atomic E-state index is 11.9. The third-order valence-corrected chi connectivity index (χ3v) is 1.79. The third kappa shape index (κ3) is 4.20. The van der Waals surface area contributed by atoms with Gasteiger partial charge in [-0.25, -0.2) is 0 Å². The molecule has 0 amide bonds. The Morgan fingerprint density at radius 1 is 1.40 bits per heavy atom. The van der Waals surface area contributed by atoms with Crippen LogP contribution in [0.4, 0.5) is 13.2 Å². The lowest BCUT2D eigenvalue weighted by atomic mass is 10.1. The summed E-state index contributed by atoms with van der Waals surface area (Å²) < 4.78 is 40.1. The molecule has 0 fully saturated rings. The molecule has 0 saturated heterocycles. The van der Waals surface area contributed by atoms with Gasteiger partial charge in [0.15, 0.2) is 6.61 Å². The van der Waals surface area contributed by atoms with Gasteiger partial charge in [-0.15, -0.1) is 0 Å². The summed E-state index contributed by atoms with van der Waals surface area (Å²) in [6.07, 6.45) is -4.32. The number of benzene rings is 1.